The number of esters is 2. The third-order valence-corrected chi connectivity index (χ3v) is 6.79. The molecule has 8 heteroatoms. The summed E-state index contributed by atoms with van der Waals surface area (Å²) in [7, 11) is 0. The number of nitrogens with zero attached hydrogens (tertiary/aromatic N) is 2. The van der Waals surface area contributed by atoms with Gasteiger partial charge in [-0.25, -0.2) is 9.59 Å². The van der Waals surface area contributed by atoms with Gasteiger partial charge in [0.2, 0.25) is 0 Å². The van der Waals surface area contributed by atoms with Crippen molar-refractivity contribution in [3.63, 3.8) is 0 Å². The van der Waals surface area contributed by atoms with Gasteiger partial charge < -0.3 is 28.8 Å². The number of hydrogen-bond donors (Lipinski definition) is 2. The molecule has 0 saturated heterocycles. The molecule has 0 fully saturated rings. The Morgan fingerprint density at radius 1 is 0.694 bits per heavy atom. The average Bonchev–Trinajstić information content (AvgIpc) is 3.22. The smallest absolute Gasteiger partial charge is 0.340 e. The van der Waals surface area contributed by atoms with Crippen molar-refractivity contribution in [2.24, 2.45) is 0 Å². The Kier molecular flexibility index (Phi) is 6.71. The van der Waals surface area contributed by atoms with Gasteiger partial charge in [0.15, 0.2) is 0 Å². The standard InChI is InChI=1S/C28H32N2O6/c1-7-35-27(33)25-17(5)29(21-11-15(3)23(31)13-19(21)25)9-10-30-18(6)26(28(34)36-8-2)20-14-24(32)16(4)12-22(20)30/h11-14,31-32H,7-10H2,1-6H3. The maximum Gasteiger partial charge on any atom is 0.340 e. The molecule has 0 unspecified atom stereocenters. The minimum atomic E-state index is -0.430. The molecule has 36 heavy (non-hydrogen) atoms. The molecular weight excluding hydrogens is 460 g/mol. The molecule has 0 radical (unpaired) electrons. The number of fused-ring (bicyclic) bond motifs is 2. The van der Waals surface area contributed by atoms with E-state index in [0.717, 1.165) is 22.4 Å². The molecule has 8 nitrogen and oxygen atoms in total. The number of carbonyl (C=O) groups is 2. The van der Waals surface area contributed by atoms with Crippen molar-refractivity contribution in [1.29, 1.82) is 0 Å². The van der Waals surface area contributed by atoms with E-state index in [-0.39, 0.29) is 24.7 Å². The lowest BCUT2D eigenvalue weighted by molar-refractivity contribution is 0.0517. The van der Waals surface area contributed by atoms with E-state index in [9.17, 15) is 19.8 Å². The van der Waals surface area contributed by atoms with Gasteiger partial charge in [0, 0.05) is 46.3 Å². The van der Waals surface area contributed by atoms with Gasteiger partial charge in [-0.15, -0.1) is 0 Å². The molecule has 0 amide bonds. The molecule has 2 heterocycles. The monoisotopic (exact) mass is 492 g/mol. The van der Waals surface area contributed by atoms with Crippen LogP contribution in [0.5, 0.6) is 11.5 Å². The quantitative estimate of drug-likeness (QED) is 0.340. The van der Waals surface area contributed by atoms with Crippen molar-refractivity contribution in [1.82, 2.24) is 9.13 Å². The van der Waals surface area contributed by atoms with E-state index in [1.165, 1.54) is 0 Å². The number of benzene rings is 2. The van der Waals surface area contributed by atoms with E-state index in [1.807, 2.05) is 49.0 Å². The second-order valence-corrected chi connectivity index (χ2v) is 8.98. The third-order valence-electron chi connectivity index (χ3n) is 6.79. The SMILES string of the molecule is CCOC(=O)c1c(C)n(CCn2c(C)c(C(=O)OCC)c3cc(O)c(C)cc32)c2cc(C)c(O)cc12. The van der Waals surface area contributed by atoms with Crippen LogP contribution in [0.25, 0.3) is 21.8 Å². The zero-order valence-electron chi connectivity index (χ0n) is 21.6. The molecule has 2 aromatic carbocycles. The number of aryl methyl sites for hydroxylation is 4. The maximum atomic E-state index is 12.8. The van der Waals surface area contributed by atoms with Gasteiger partial charge in [0.25, 0.3) is 0 Å². The third kappa shape index (κ3) is 4.06. The van der Waals surface area contributed by atoms with Crippen molar-refractivity contribution in [3.05, 3.63) is 57.9 Å². The normalized spacial score (nSPS) is 11.4. The number of rotatable bonds is 7. The van der Waals surface area contributed by atoms with Crippen LogP contribution in [0.2, 0.25) is 0 Å². The maximum absolute atomic E-state index is 12.8. The summed E-state index contributed by atoms with van der Waals surface area (Å²) in [5.74, 6) is -0.626. The Morgan fingerprint density at radius 2 is 1.06 bits per heavy atom. The van der Waals surface area contributed by atoms with Crippen molar-refractivity contribution in [2.75, 3.05) is 13.2 Å². The molecule has 4 rings (SSSR count). The summed E-state index contributed by atoms with van der Waals surface area (Å²) in [6.07, 6.45) is 0. The van der Waals surface area contributed by atoms with Gasteiger partial charge in [0.1, 0.15) is 11.5 Å². The minimum absolute atomic E-state index is 0.117. The fourth-order valence-corrected chi connectivity index (χ4v) is 4.93. The first-order valence-electron chi connectivity index (χ1n) is 12.1. The van der Waals surface area contributed by atoms with E-state index in [0.29, 0.717) is 46.1 Å². The van der Waals surface area contributed by atoms with Gasteiger partial charge >= 0.3 is 11.9 Å². The number of ether oxygens (including phenoxy) is 2. The van der Waals surface area contributed by atoms with E-state index in [4.69, 9.17) is 9.47 Å². The van der Waals surface area contributed by atoms with Crippen molar-refractivity contribution in [2.45, 2.75) is 54.6 Å². The number of aromatic hydroxyl groups is 2. The molecule has 0 aliphatic rings. The van der Waals surface area contributed by atoms with E-state index in [1.54, 1.807) is 26.0 Å². The van der Waals surface area contributed by atoms with Gasteiger partial charge in [-0.2, -0.15) is 0 Å². The number of hydrogen-bond acceptors (Lipinski definition) is 6. The molecule has 4 aromatic rings. The van der Waals surface area contributed by atoms with Crippen LogP contribution in [-0.2, 0) is 22.6 Å². The van der Waals surface area contributed by atoms with Crippen LogP contribution >= 0.6 is 0 Å². The highest BCUT2D eigenvalue weighted by atomic mass is 16.5. The predicted octanol–water partition coefficient (Wildman–Crippen LogP) is 5.29. The number of phenols is 2. The lowest BCUT2D eigenvalue weighted by atomic mass is 10.1. The summed E-state index contributed by atoms with van der Waals surface area (Å²) in [4.78, 5) is 25.6. The molecule has 190 valence electrons. The van der Waals surface area contributed by atoms with E-state index >= 15 is 0 Å². The fourth-order valence-electron chi connectivity index (χ4n) is 4.93. The zero-order valence-corrected chi connectivity index (χ0v) is 21.6. The van der Waals surface area contributed by atoms with E-state index in [2.05, 4.69) is 0 Å². The molecular formula is C28H32N2O6. The Bertz CT molecular complexity index is 1390. The molecule has 0 saturated carbocycles. The second-order valence-electron chi connectivity index (χ2n) is 8.98. The molecule has 2 aromatic heterocycles. The lowest BCUT2D eigenvalue weighted by Gasteiger charge is -2.13. The van der Waals surface area contributed by atoms with Crippen LogP contribution in [0.4, 0.5) is 0 Å². The molecule has 0 bridgehead atoms. The fraction of sp³-hybridized carbons (Fsp3) is 0.357. The van der Waals surface area contributed by atoms with Crippen LogP contribution in [0.3, 0.4) is 0 Å². The highest BCUT2D eigenvalue weighted by Crippen LogP contribution is 2.34. The first kappa shape index (κ1) is 25.2. The molecule has 2 N–H and O–H groups in total. The number of phenolic OH excluding ortho intramolecular Hbond substituents is 2. The Labute approximate surface area is 209 Å². The summed E-state index contributed by atoms with van der Waals surface area (Å²) in [5.41, 5.74) is 5.39. The number of carbonyl (C=O) groups excluding carboxylic acids is 2. The van der Waals surface area contributed by atoms with Gasteiger partial charge in [0.05, 0.1) is 24.3 Å². The van der Waals surface area contributed by atoms with E-state index < -0.39 is 11.9 Å². The molecule has 0 aliphatic heterocycles. The average molecular weight is 493 g/mol. The topological polar surface area (TPSA) is 103 Å². The summed E-state index contributed by atoms with van der Waals surface area (Å²) >= 11 is 0. The van der Waals surface area contributed by atoms with Crippen molar-refractivity contribution >= 4 is 33.7 Å². The highest BCUT2D eigenvalue weighted by molar-refractivity contribution is 6.07. The molecule has 0 spiro atoms. The van der Waals surface area contributed by atoms with Gasteiger partial charge in [-0.3, -0.25) is 0 Å². The first-order chi connectivity index (χ1) is 17.1. The Balaban J connectivity index is 1.86. The van der Waals surface area contributed by atoms with Crippen LogP contribution in [0.1, 0.15) is 57.1 Å². The van der Waals surface area contributed by atoms with Gasteiger partial charge in [-0.1, -0.05) is 0 Å². The second kappa shape index (κ2) is 9.60. The Morgan fingerprint density at radius 3 is 1.39 bits per heavy atom. The zero-order chi connectivity index (χ0) is 26.3. The molecule has 0 atom stereocenters. The summed E-state index contributed by atoms with van der Waals surface area (Å²) < 4.78 is 14.7. The van der Waals surface area contributed by atoms with Gasteiger partial charge in [-0.05, 0) is 76.9 Å². The minimum Gasteiger partial charge on any atom is -0.508 e. The Hall–Kier alpha value is -3.94. The van der Waals surface area contributed by atoms with Crippen LogP contribution in [0.15, 0.2) is 24.3 Å². The summed E-state index contributed by atoms with van der Waals surface area (Å²) in [6, 6.07) is 6.96. The highest BCUT2D eigenvalue weighted by Gasteiger charge is 2.25. The van der Waals surface area contributed by atoms with Crippen LogP contribution < -0.4 is 0 Å². The van der Waals surface area contributed by atoms with Crippen molar-refractivity contribution < 1.29 is 29.3 Å². The lowest BCUT2D eigenvalue weighted by Crippen LogP contribution is -2.12. The number of aromatic nitrogens is 2. The largest absolute Gasteiger partial charge is 0.508 e. The summed E-state index contributed by atoms with van der Waals surface area (Å²) in [5, 5.41) is 21.9. The van der Waals surface area contributed by atoms with Crippen molar-refractivity contribution in [3.8, 4) is 11.5 Å². The van der Waals surface area contributed by atoms with Crippen LogP contribution in [-0.4, -0.2) is 44.5 Å². The first-order valence-corrected chi connectivity index (χ1v) is 12.1. The van der Waals surface area contributed by atoms with Crippen LogP contribution in [0, 0.1) is 27.7 Å². The summed E-state index contributed by atoms with van der Waals surface area (Å²) in [6.45, 7) is 12.4. The molecule has 0 aliphatic carbocycles. The predicted molar refractivity (Wildman–Crippen MR) is 138 cm³/mol.